The molecule has 1 aromatic rings. The predicted molar refractivity (Wildman–Crippen MR) is 79.3 cm³/mol. The van der Waals surface area contributed by atoms with Crippen LogP contribution < -0.4 is 0 Å². The number of ether oxygens (including phenoxy) is 1. The molecule has 1 aliphatic heterocycles. The van der Waals surface area contributed by atoms with Crippen LogP contribution in [-0.4, -0.2) is 68.1 Å². The first-order valence-electron chi connectivity index (χ1n) is 7.32. The van der Waals surface area contributed by atoms with Gasteiger partial charge in [0.05, 0.1) is 6.20 Å². The fraction of sp³-hybridized carbons (Fsp3) is 0.714. The van der Waals surface area contributed by atoms with Crippen molar-refractivity contribution >= 4 is 12.0 Å². The quantitative estimate of drug-likeness (QED) is 0.770. The Kier molecular flexibility index (Phi) is 4.39. The molecule has 8 nitrogen and oxygen atoms in total. The monoisotopic (exact) mass is 309 g/mol. The van der Waals surface area contributed by atoms with E-state index >= 15 is 0 Å². The molecule has 1 fully saturated rings. The highest BCUT2D eigenvalue weighted by atomic mass is 16.6. The number of carbonyl (C=O) groups excluding carboxylic acids is 2. The second-order valence-corrected chi connectivity index (χ2v) is 6.55. The van der Waals surface area contributed by atoms with Gasteiger partial charge in [-0.05, 0) is 27.7 Å². The van der Waals surface area contributed by atoms with Crippen LogP contribution in [0.15, 0.2) is 6.20 Å². The molecule has 0 spiro atoms. The second-order valence-electron chi connectivity index (χ2n) is 6.55. The Balaban J connectivity index is 1.98. The van der Waals surface area contributed by atoms with E-state index in [2.05, 4.69) is 10.3 Å². The zero-order valence-corrected chi connectivity index (χ0v) is 13.7. The van der Waals surface area contributed by atoms with Crippen LogP contribution in [0.25, 0.3) is 0 Å². The summed E-state index contributed by atoms with van der Waals surface area (Å²) >= 11 is 0. The highest BCUT2D eigenvalue weighted by Gasteiger charge is 2.33. The van der Waals surface area contributed by atoms with Crippen molar-refractivity contribution in [3.8, 4) is 0 Å². The lowest BCUT2D eigenvalue weighted by Gasteiger charge is -2.39. The summed E-state index contributed by atoms with van der Waals surface area (Å²) < 4.78 is 6.86. The van der Waals surface area contributed by atoms with E-state index in [1.54, 1.807) is 23.0 Å². The first-order valence-corrected chi connectivity index (χ1v) is 7.32. The molecule has 0 unspecified atom stereocenters. The zero-order chi connectivity index (χ0) is 16.5. The Morgan fingerprint density at radius 2 is 2.00 bits per heavy atom. The van der Waals surface area contributed by atoms with Gasteiger partial charge in [-0.1, -0.05) is 5.21 Å². The van der Waals surface area contributed by atoms with Crippen molar-refractivity contribution in [1.82, 2.24) is 24.8 Å². The van der Waals surface area contributed by atoms with E-state index in [9.17, 15) is 9.59 Å². The fourth-order valence-corrected chi connectivity index (χ4v) is 2.34. The molecule has 0 radical (unpaired) electrons. The summed E-state index contributed by atoms with van der Waals surface area (Å²) in [4.78, 5) is 27.8. The minimum atomic E-state index is -0.521. The predicted octanol–water partition coefficient (Wildman–Crippen LogP) is 0.896. The maximum absolute atomic E-state index is 12.4. The average Bonchev–Trinajstić information content (AvgIpc) is 2.82. The van der Waals surface area contributed by atoms with Crippen LogP contribution in [0.3, 0.4) is 0 Å². The number of hydrogen-bond donors (Lipinski definition) is 0. The molecule has 1 aromatic heterocycles. The van der Waals surface area contributed by atoms with E-state index in [-0.39, 0.29) is 18.0 Å². The lowest BCUT2D eigenvalue weighted by Crippen LogP contribution is -2.56. The van der Waals surface area contributed by atoms with Gasteiger partial charge >= 0.3 is 6.09 Å². The molecule has 122 valence electrons. The highest BCUT2D eigenvalue weighted by molar-refractivity contribution is 5.92. The zero-order valence-electron chi connectivity index (χ0n) is 13.7. The van der Waals surface area contributed by atoms with Crippen molar-refractivity contribution in [3.05, 3.63) is 11.9 Å². The molecule has 2 heterocycles. The van der Waals surface area contributed by atoms with Crippen molar-refractivity contribution in [1.29, 1.82) is 0 Å². The van der Waals surface area contributed by atoms with E-state index in [1.165, 1.54) is 4.68 Å². The Morgan fingerprint density at radius 3 is 2.50 bits per heavy atom. The van der Waals surface area contributed by atoms with Gasteiger partial charge < -0.3 is 14.5 Å². The lowest BCUT2D eigenvalue weighted by molar-refractivity contribution is 0.00606. The maximum atomic E-state index is 12.4. The first-order chi connectivity index (χ1) is 10.2. The molecular weight excluding hydrogens is 286 g/mol. The van der Waals surface area contributed by atoms with Gasteiger partial charge in [-0.2, -0.15) is 0 Å². The summed E-state index contributed by atoms with van der Waals surface area (Å²) in [5, 5.41) is 7.62. The number of nitrogens with zero attached hydrogens (tertiary/aromatic N) is 5. The molecule has 0 bridgehead atoms. The molecule has 8 heteroatoms. The molecule has 0 saturated carbocycles. The van der Waals surface area contributed by atoms with E-state index < -0.39 is 5.60 Å². The molecule has 0 N–H and O–H groups in total. The number of rotatable bonds is 1. The van der Waals surface area contributed by atoms with Crippen LogP contribution >= 0.6 is 0 Å². The number of piperazine rings is 1. The van der Waals surface area contributed by atoms with Gasteiger partial charge in [0.25, 0.3) is 5.91 Å². The normalized spacial score (nSPS) is 19.2. The summed E-state index contributed by atoms with van der Waals surface area (Å²) in [5.41, 5.74) is -0.201. The van der Waals surface area contributed by atoms with Gasteiger partial charge in [-0.15, -0.1) is 5.10 Å². The molecule has 0 aromatic carbocycles. The number of carbonyl (C=O) groups is 2. The van der Waals surface area contributed by atoms with Crippen molar-refractivity contribution in [2.45, 2.75) is 39.3 Å². The largest absolute Gasteiger partial charge is 0.444 e. The Bertz CT molecular complexity index is 563. The molecular formula is C14H23N5O3. The lowest BCUT2D eigenvalue weighted by atomic mass is 10.1. The maximum Gasteiger partial charge on any atom is 0.410 e. The summed E-state index contributed by atoms with van der Waals surface area (Å²) in [6.07, 6.45) is 1.25. The molecule has 2 amide bonds. The number of aryl methyl sites for hydroxylation is 1. The van der Waals surface area contributed by atoms with Crippen LogP contribution in [0, 0.1) is 0 Å². The third-order valence-electron chi connectivity index (χ3n) is 3.36. The van der Waals surface area contributed by atoms with Gasteiger partial charge in [0.2, 0.25) is 0 Å². The van der Waals surface area contributed by atoms with Crippen molar-refractivity contribution in [2.24, 2.45) is 7.05 Å². The topological polar surface area (TPSA) is 80.6 Å². The number of hydrogen-bond acceptors (Lipinski definition) is 5. The van der Waals surface area contributed by atoms with Crippen LogP contribution in [0.5, 0.6) is 0 Å². The SMILES string of the molecule is C[C@H]1CN(C(=O)OC(C)(C)C)CCN1C(=O)c1cn(C)nn1. The van der Waals surface area contributed by atoms with E-state index in [0.29, 0.717) is 25.3 Å². The van der Waals surface area contributed by atoms with Crippen LogP contribution in [0.4, 0.5) is 4.79 Å². The van der Waals surface area contributed by atoms with Crippen molar-refractivity contribution in [2.75, 3.05) is 19.6 Å². The van der Waals surface area contributed by atoms with E-state index in [0.717, 1.165) is 0 Å². The third-order valence-corrected chi connectivity index (χ3v) is 3.36. The molecule has 2 rings (SSSR count). The molecule has 1 atom stereocenters. The molecule has 1 aliphatic rings. The summed E-state index contributed by atoms with van der Waals surface area (Å²) in [6, 6.07) is -0.101. The first kappa shape index (κ1) is 16.3. The molecule has 1 saturated heterocycles. The van der Waals surface area contributed by atoms with E-state index in [4.69, 9.17) is 4.74 Å². The minimum Gasteiger partial charge on any atom is -0.444 e. The fourth-order valence-electron chi connectivity index (χ4n) is 2.34. The minimum absolute atomic E-state index is 0.101. The van der Waals surface area contributed by atoms with E-state index in [1.807, 2.05) is 27.7 Å². The molecule has 0 aliphatic carbocycles. The average molecular weight is 309 g/mol. The summed E-state index contributed by atoms with van der Waals surface area (Å²) in [7, 11) is 1.72. The van der Waals surface area contributed by atoms with Crippen LogP contribution in [0.1, 0.15) is 38.2 Å². The van der Waals surface area contributed by atoms with Crippen molar-refractivity contribution < 1.29 is 14.3 Å². The number of amides is 2. The van der Waals surface area contributed by atoms with Crippen molar-refractivity contribution in [3.63, 3.8) is 0 Å². The van der Waals surface area contributed by atoms with Gasteiger partial charge in [-0.3, -0.25) is 9.48 Å². The smallest absolute Gasteiger partial charge is 0.410 e. The Hall–Kier alpha value is -2.12. The van der Waals surface area contributed by atoms with Gasteiger partial charge in [0.15, 0.2) is 5.69 Å². The third kappa shape index (κ3) is 3.75. The standard InChI is InChI=1S/C14H23N5O3/c1-10-8-18(13(21)22-14(2,3)4)6-7-19(10)12(20)11-9-17(5)16-15-11/h9-10H,6-8H2,1-5H3/t10-/m0/s1. The summed E-state index contributed by atoms with van der Waals surface area (Å²) in [6.45, 7) is 8.76. The highest BCUT2D eigenvalue weighted by Crippen LogP contribution is 2.16. The van der Waals surface area contributed by atoms with Gasteiger partial charge in [0, 0.05) is 32.7 Å². The van der Waals surface area contributed by atoms with Crippen LogP contribution in [-0.2, 0) is 11.8 Å². The van der Waals surface area contributed by atoms with Gasteiger partial charge in [-0.25, -0.2) is 4.79 Å². The number of aromatic nitrogens is 3. The Labute approximate surface area is 130 Å². The van der Waals surface area contributed by atoms with Gasteiger partial charge in [0.1, 0.15) is 5.60 Å². The Morgan fingerprint density at radius 1 is 1.32 bits per heavy atom. The second kappa shape index (κ2) is 5.94. The van der Waals surface area contributed by atoms with Crippen LogP contribution in [0.2, 0.25) is 0 Å². The molecule has 22 heavy (non-hydrogen) atoms. The summed E-state index contributed by atoms with van der Waals surface area (Å²) in [5.74, 6) is -0.163.